The number of nitrogens with zero attached hydrogens (tertiary/aromatic N) is 1. The summed E-state index contributed by atoms with van der Waals surface area (Å²) in [5.41, 5.74) is 0.908. The largest absolute Gasteiger partial charge is 0.493 e. The van der Waals surface area contributed by atoms with Crippen LogP contribution in [0.15, 0.2) is 24.0 Å². The monoisotopic (exact) mass is 677 g/mol. The summed E-state index contributed by atoms with van der Waals surface area (Å²) >= 11 is 0. The van der Waals surface area contributed by atoms with Crippen molar-refractivity contribution < 1.29 is 28.5 Å². The molecule has 2 bridgehead atoms. The zero-order valence-electron chi connectivity index (χ0n) is 31.0. The zero-order chi connectivity index (χ0) is 34.5. The molecule has 5 atom stereocenters. The first-order chi connectivity index (χ1) is 23.9. The predicted molar refractivity (Wildman–Crippen MR) is 193 cm³/mol. The van der Waals surface area contributed by atoms with Gasteiger partial charge in [0.2, 0.25) is 0 Å². The molecule has 6 rings (SSSR count). The van der Waals surface area contributed by atoms with Gasteiger partial charge in [0, 0.05) is 36.8 Å². The molecule has 7 nitrogen and oxygen atoms in total. The Kier molecular flexibility index (Phi) is 11.7. The first-order valence-electron chi connectivity index (χ1n) is 20.1. The van der Waals surface area contributed by atoms with Gasteiger partial charge in [0.25, 0.3) is 0 Å². The number of carbonyl (C=O) groups excluding carboxylic acids is 2. The minimum Gasteiger partial charge on any atom is -0.493 e. The first-order valence-corrected chi connectivity index (χ1v) is 20.1. The fourth-order valence-electron chi connectivity index (χ4n) is 10.6. The molecule has 0 radical (unpaired) electrons. The molecule has 1 aromatic rings. The van der Waals surface area contributed by atoms with Gasteiger partial charge in [-0.2, -0.15) is 0 Å². The van der Waals surface area contributed by atoms with Gasteiger partial charge in [-0.05, 0) is 44.0 Å². The number of likely N-dealkylation sites (N-methyl/N-ethyl adjacent to an activating group) is 1. The normalized spacial score (nSPS) is 28.4. The van der Waals surface area contributed by atoms with E-state index in [4.69, 9.17) is 18.9 Å². The van der Waals surface area contributed by atoms with Crippen molar-refractivity contribution in [3.8, 4) is 11.5 Å². The summed E-state index contributed by atoms with van der Waals surface area (Å²) in [7, 11) is 3.83. The predicted octanol–water partition coefficient (Wildman–Crippen LogP) is 9.62. The van der Waals surface area contributed by atoms with E-state index in [9.17, 15) is 9.59 Å². The highest BCUT2D eigenvalue weighted by molar-refractivity contribution is 5.77. The number of ether oxygens (including phenoxy) is 4. The van der Waals surface area contributed by atoms with Crippen molar-refractivity contribution in [1.82, 2.24) is 4.90 Å². The Labute approximate surface area is 295 Å². The number of unbranched alkanes of at least 4 members (excludes halogenated alkanes) is 16. The van der Waals surface area contributed by atoms with Crippen molar-refractivity contribution in [3.05, 3.63) is 35.1 Å². The molecule has 4 unspecified atom stereocenters. The van der Waals surface area contributed by atoms with Gasteiger partial charge in [-0.25, -0.2) is 0 Å². The number of rotatable bonds is 23. The van der Waals surface area contributed by atoms with E-state index in [1.54, 1.807) is 7.11 Å². The summed E-state index contributed by atoms with van der Waals surface area (Å²) in [5, 5.41) is 0. The molecule has 272 valence electrons. The highest BCUT2D eigenvalue weighted by atomic mass is 16.6. The highest BCUT2D eigenvalue weighted by Crippen LogP contribution is 2.78. The second-order valence-electron chi connectivity index (χ2n) is 15.9. The Hall–Kier alpha value is -2.54. The number of hydrogen-bond acceptors (Lipinski definition) is 7. The summed E-state index contributed by atoms with van der Waals surface area (Å²) in [6.07, 6.45) is 25.4. The fraction of sp³-hybridized carbons (Fsp3) is 0.762. The molecule has 2 heterocycles. The smallest absolute Gasteiger partial charge is 0.310 e. The molecule has 5 aliphatic rings. The molecule has 7 heteroatoms. The van der Waals surface area contributed by atoms with Gasteiger partial charge in [-0.3, -0.25) is 14.5 Å². The van der Waals surface area contributed by atoms with Crippen LogP contribution in [0.1, 0.15) is 166 Å². The van der Waals surface area contributed by atoms with Crippen LogP contribution in [0.3, 0.4) is 0 Å². The Bertz CT molecular complexity index is 1360. The van der Waals surface area contributed by atoms with Crippen molar-refractivity contribution in [2.75, 3.05) is 20.7 Å². The molecule has 1 aromatic carbocycles. The van der Waals surface area contributed by atoms with Gasteiger partial charge in [0.1, 0.15) is 11.4 Å². The standard InChI is InChI=1S/C42H63NO6/c1-5-7-9-11-13-15-17-19-21-23-34(44)47-33-27-28-42(49-35(45)24-22-20-18-16-14-12-10-8-6-2)39-40(30-43(39)3)29-41(42)36-31(40)25-26-32(46-4)37(36)48-38(33)41/h25-27,38-39H,5-24,28-30H2,1-4H3/t38-,39?,40?,41?,42?/m0/s1. The van der Waals surface area contributed by atoms with Crippen molar-refractivity contribution in [2.24, 2.45) is 0 Å². The van der Waals surface area contributed by atoms with Gasteiger partial charge < -0.3 is 18.9 Å². The Morgan fingerprint density at radius 3 is 1.96 bits per heavy atom. The molecule has 2 fully saturated rings. The van der Waals surface area contributed by atoms with Gasteiger partial charge in [0.05, 0.1) is 18.6 Å². The summed E-state index contributed by atoms with van der Waals surface area (Å²) in [6, 6.07) is 4.28. The summed E-state index contributed by atoms with van der Waals surface area (Å²) < 4.78 is 25.7. The lowest BCUT2D eigenvalue weighted by Crippen LogP contribution is -2.75. The van der Waals surface area contributed by atoms with Gasteiger partial charge in [-0.1, -0.05) is 123 Å². The third kappa shape index (κ3) is 6.44. The Balaban J connectivity index is 1.13. The van der Waals surface area contributed by atoms with Crippen LogP contribution >= 0.6 is 0 Å². The summed E-state index contributed by atoms with van der Waals surface area (Å²) in [6.45, 7) is 5.42. The lowest BCUT2D eigenvalue weighted by molar-refractivity contribution is -0.192. The van der Waals surface area contributed by atoms with E-state index in [1.165, 1.54) is 95.5 Å². The minimum atomic E-state index is -0.779. The number of carbonyl (C=O) groups is 2. The van der Waals surface area contributed by atoms with E-state index in [-0.39, 0.29) is 23.4 Å². The molecule has 1 saturated carbocycles. The molecular formula is C42H63NO6. The van der Waals surface area contributed by atoms with Gasteiger partial charge in [-0.15, -0.1) is 0 Å². The van der Waals surface area contributed by atoms with E-state index < -0.39 is 17.1 Å². The second-order valence-corrected chi connectivity index (χ2v) is 15.9. The van der Waals surface area contributed by atoms with Crippen molar-refractivity contribution in [2.45, 2.75) is 184 Å². The van der Waals surface area contributed by atoms with Crippen LogP contribution in [0.2, 0.25) is 0 Å². The second kappa shape index (κ2) is 15.8. The molecule has 0 amide bonds. The van der Waals surface area contributed by atoms with Gasteiger partial charge in [0.15, 0.2) is 17.6 Å². The highest BCUT2D eigenvalue weighted by Gasteiger charge is 2.87. The molecule has 2 spiro atoms. The maximum Gasteiger partial charge on any atom is 0.310 e. The molecule has 49 heavy (non-hydrogen) atoms. The maximum atomic E-state index is 13.8. The summed E-state index contributed by atoms with van der Waals surface area (Å²) in [5.74, 6) is 1.69. The minimum absolute atomic E-state index is 0.0560. The van der Waals surface area contributed by atoms with E-state index >= 15 is 0 Å². The van der Waals surface area contributed by atoms with Crippen LogP contribution in [-0.2, 0) is 29.9 Å². The number of hydrogen-bond donors (Lipinski definition) is 0. The van der Waals surface area contributed by atoms with Crippen LogP contribution in [0.4, 0.5) is 0 Å². The quantitative estimate of drug-likeness (QED) is 0.0844. The molecule has 0 aromatic heterocycles. The lowest BCUT2D eigenvalue weighted by atomic mass is 9.56. The van der Waals surface area contributed by atoms with E-state index in [2.05, 4.69) is 31.9 Å². The molecular weight excluding hydrogens is 614 g/mol. The van der Waals surface area contributed by atoms with Crippen LogP contribution in [0, 0.1) is 0 Å². The van der Waals surface area contributed by atoms with Crippen molar-refractivity contribution >= 4 is 11.9 Å². The van der Waals surface area contributed by atoms with Crippen LogP contribution in [0.5, 0.6) is 11.5 Å². The van der Waals surface area contributed by atoms with E-state index in [0.717, 1.165) is 50.0 Å². The van der Waals surface area contributed by atoms with Gasteiger partial charge >= 0.3 is 11.9 Å². The number of methoxy groups -OCH3 is 1. The van der Waals surface area contributed by atoms with E-state index in [1.807, 2.05) is 12.1 Å². The van der Waals surface area contributed by atoms with E-state index in [0.29, 0.717) is 30.8 Å². The summed E-state index contributed by atoms with van der Waals surface area (Å²) in [4.78, 5) is 29.4. The number of benzene rings is 1. The average molecular weight is 678 g/mol. The average Bonchev–Trinajstić information content (AvgIpc) is 3.66. The SMILES string of the molecule is CCCCCCCCCCCC(=O)OC1=CCC2(OC(=O)CCCCCCCCCCC)C3N(C)CC34CC23c2c4ccc(OC)c2O[C@@H]13. The zero-order valence-corrected chi connectivity index (χ0v) is 31.0. The van der Waals surface area contributed by atoms with Crippen LogP contribution in [-0.4, -0.2) is 55.3 Å². The number of esters is 2. The molecule has 3 aliphatic carbocycles. The topological polar surface area (TPSA) is 74.3 Å². The van der Waals surface area contributed by atoms with Crippen molar-refractivity contribution in [1.29, 1.82) is 0 Å². The van der Waals surface area contributed by atoms with Crippen LogP contribution < -0.4 is 9.47 Å². The lowest BCUT2D eigenvalue weighted by Gasteiger charge is -2.61. The molecule has 0 N–H and O–H groups in total. The third-order valence-electron chi connectivity index (χ3n) is 12.7. The first kappa shape index (κ1) is 36.3. The number of fused-ring (bicyclic) bond motifs is 1. The van der Waals surface area contributed by atoms with Crippen LogP contribution in [0.25, 0.3) is 0 Å². The Morgan fingerprint density at radius 1 is 0.816 bits per heavy atom. The fourth-order valence-corrected chi connectivity index (χ4v) is 10.6. The number of likely N-dealkylation sites (tertiary alicyclic amines) is 1. The third-order valence-corrected chi connectivity index (χ3v) is 12.7. The molecule has 2 aliphatic heterocycles. The maximum absolute atomic E-state index is 13.8. The molecule has 1 saturated heterocycles. The van der Waals surface area contributed by atoms with Crippen molar-refractivity contribution in [3.63, 3.8) is 0 Å². The Morgan fingerprint density at radius 2 is 1.39 bits per heavy atom.